The van der Waals surface area contributed by atoms with E-state index in [1.165, 1.54) is 6.92 Å². The van der Waals surface area contributed by atoms with Crippen LogP contribution in [0.2, 0.25) is 0 Å². The van der Waals surface area contributed by atoms with Gasteiger partial charge >= 0.3 is 0 Å². The fourth-order valence-electron chi connectivity index (χ4n) is 0.510. The molecule has 1 fully saturated rings. The smallest absolute Gasteiger partial charge is 0.267 e. The van der Waals surface area contributed by atoms with Crippen LogP contribution in [0.25, 0.3) is 0 Å². The van der Waals surface area contributed by atoms with Gasteiger partial charge in [0.2, 0.25) is 0 Å². The summed E-state index contributed by atoms with van der Waals surface area (Å²) in [5, 5.41) is 0. The summed E-state index contributed by atoms with van der Waals surface area (Å²) in [6.07, 6.45) is 0. The highest BCUT2D eigenvalue weighted by molar-refractivity contribution is 5.06. The molecular formula is C4H7F2N. The summed E-state index contributed by atoms with van der Waals surface area (Å²) < 4.78 is 23.6. The number of hydrogen-bond acceptors (Lipinski definition) is 1. The molecule has 0 saturated heterocycles. The van der Waals surface area contributed by atoms with E-state index in [1.54, 1.807) is 0 Å². The minimum Gasteiger partial charge on any atom is -0.322 e. The highest BCUT2D eigenvalue weighted by Gasteiger charge is 2.63. The van der Waals surface area contributed by atoms with E-state index in [1.807, 2.05) is 0 Å². The van der Waals surface area contributed by atoms with Gasteiger partial charge < -0.3 is 5.73 Å². The van der Waals surface area contributed by atoms with Gasteiger partial charge in [-0.2, -0.15) is 0 Å². The van der Waals surface area contributed by atoms with Crippen molar-refractivity contribution in [3.05, 3.63) is 0 Å². The van der Waals surface area contributed by atoms with Gasteiger partial charge in [0.25, 0.3) is 5.92 Å². The van der Waals surface area contributed by atoms with Crippen molar-refractivity contribution in [2.75, 3.05) is 0 Å². The van der Waals surface area contributed by atoms with E-state index in [2.05, 4.69) is 0 Å². The van der Waals surface area contributed by atoms with Crippen molar-refractivity contribution in [2.24, 2.45) is 11.7 Å². The predicted molar refractivity (Wildman–Crippen MR) is 22.1 cm³/mol. The first kappa shape index (κ1) is 4.97. The van der Waals surface area contributed by atoms with Crippen molar-refractivity contribution < 1.29 is 8.78 Å². The Morgan fingerprint density at radius 2 is 1.71 bits per heavy atom. The van der Waals surface area contributed by atoms with Gasteiger partial charge in [-0.05, 0) is 0 Å². The number of rotatable bonds is 0. The third-order valence-electron chi connectivity index (χ3n) is 1.48. The van der Waals surface area contributed by atoms with Gasteiger partial charge in [-0.3, -0.25) is 0 Å². The molecule has 2 N–H and O–H groups in total. The molecule has 0 amide bonds. The molecule has 1 saturated carbocycles. The molecule has 1 aliphatic rings. The molecule has 1 rings (SSSR count). The Morgan fingerprint density at radius 1 is 1.57 bits per heavy atom. The van der Waals surface area contributed by atoms with Crippen LogP contribution in [0.15, 0.2) is 0 Å². The summed E-state index contributed by atoms with van der Waals surface area (Å²) in [4.78, 5) is 0. The molecule has 0 spiro atoms. The zero-order valence-corrected chi connectivity index (χ0v) is 3.99. The molecule has 0 heterocycles. The highest BCUT2D eigenvalue weighted by Crippen LogP contribution is 2.46. The molecule has 0 aromatic carbocycles. The van der Waals surface area contributed by atoms with E-state index in [-0.39, 0.29) is 0 Å². The van der Waals surface area contributed by atoms with E-state index < -0.39 is 17.9 Å². The fourth-order valence-corrected chi connectivity index (χ4v) is 0.510. The number of nitrogens with two attached hydrogens (primary N) is 1. The molecule has 3 heteroatoms. The summed E-state index contributed by atoms with van der Waals surface area (Å²) >= 11 is 0. The van der Waals surface area contributed by atoms with Crippen LogP contribution in [0.5, 0.6) is 0 Å². The first-order valence-corrected chi connectivity index (χ1v) is 2.20. The van der Waals surface area contributed by atoms with Crippen molar-refractivity contribution >= 4 is 0 Å². The Kier molecular flexibility index (Phi) is 0.687. The largest absolute Gasteiger partial charge is 0.322 e. The highest BCUT2D eigenvalue weighted by atomic mass is 19.3. The number of alkyl halides is 2. The minimum atomic E-state index is -2.56. The molecule has 0 unspecified atom stereocenters. The van der Waals surface area contributed by atoms with Crippen LogP contribution in [-0.4, -0.2) is 12.0 Å². The molecule has 0 aromatic rings. The predicted octanol–water partition coefficient (Wildman–Crippen LogP) is 0.599. The monoisotopic (exact) mass is 107 g/mol. The van der Waals surface area contributed by atoms with E-state index >= 15 is 0 Å². The molecule has 7 heavy (non-hydrogen) atoms. The average Bonchev–Trinajstić information content (AvgIpc) is 1.91. The SMILES string of the molecule is C[C@H]1[C@@H](N)C1(F)F. The van der Waals surface area contributed by atoms with Crippen LogP contribution < -0.4 is 5.73 Å². The summed E-state index contributed by atoms with van der Waals surface area (Å²) in [5.74, 6) is -3.15. The molecular weight excluding hydrogens is 100 g/mol. The first-order chi connectivity index (χ1) is 3.07. The van der Waals surface area contributed by atoms with E-state index in [0.29, 0.717) is 0 Å². The van der Waals surface area contributed by atoms with Crippen molar-refractivity contribution in [1.29, 1.82) is 0 Å². The van der Waals surface area contributed by atoms with Crippen molar-refractivity contribution in [3.63, 3.8) is 0 Å². The Bertz CT molecular complexity index is 81.7. The summed E-state index contributed by atoms with van der Waals surface area (Å²) in [6.45, 7) is 1.45. The molecule has 0 aromatic heterocycles. The van der Waals surface area contributed by atoms with Gasteiger partial charge in [0, 0.05) is 5.92 Å². The maximum absolute atomic E-state index is 11.8. The minimum absolute atomic E-state index is 0.590. The van der Waals surface area contributed by atoms with Crippen LogP contribution in [0.1, 0.15) is 6.92 Å². The number of hydrogen-bond donors (Lipinski definition) is 1. The summed E-state index contributed by atoms with van der Waals surface area (Å²) in [7, 11) is 0. The van der Waals surface area contributed by atoms with Crippen molar-refractivity contribution in [2.45, 2.75) is 18.9 Å². The van der Waals surface area contributed by atoms with Crippen LogP contribution in [0, 0.1) is 5.92 Å². The van der Waals surface area contributed by atoms with Gasteiger partial charge in [0.05, 0.1) is 6.04 Å². The third-order valence-corrected chi connectivity index (χ3v) is 1.48. The van der Waals surface area contributed by atoms with Gasteiger partial charge in [0.15, 0.2) is 0 Å². The Labute approximate surface area is 40.5 Å². The van der Waals surface area contributed by atoms with Gasteiger partial charge in [0.1, 0.15) is 0 Å². The zero-order chi connectivity index (χ0) is 5.65. The van der Waals surface area contributed by atoms with Crippen LogP contribution in [-0.2, 0) is 0 Å². The second-order valence-corrected chi connectivity index (χ2v) is 1.99. The summed E-state index contributed by atoms with van der Waals surface area (Å²) in [5.41, 5.74) is 4.89. The van der Waals surface area contributed by atoms with E-state index in [9.17, 15) is 8.78 Å². The van der Waals surface area contributed by atoms with Crippen molar-refractivity contribution in [1.82, 2.24) is 0 Å². The maximum Gasteiger partial charge on any atom is 0.267 e. The van der Waals surface area contributed by atoms with Gasteiger partial charge in [-0.25, -0.2) is 8.78 Å². The molecule has 42 valence electrons. The van der Waals surface area contributed by atoms with E-state index in [0.717, 1.165) is 0 Å². The Balaban J connectivity index is 2.52. The van der Waals surface area contributed by atoms with Crippen LogP contribution in [0.4, 0.5) is 8.78 Å². The standard InChI is InChI=1S/C4H7F2N/c1-2-3(7)4(2,5)6/h2-3H,7H2,1H3/t2-,3+/m0/s1. The van der Waals surface area contributed by atoms with Gasteiger partial charge in [-0.1, -0.05) is 6.92 Å². The van der Waals surface area contributed by atoms with Crippen molar-refractivity contribution in [3.8, 4) is 0 Å². The van der Waals surface area contributed by atoms with E-state index in [4.69, 9.17) is 5.73 Å². The molecule has 0 radical (unpaired) electrons. The third kappa shape index (κ3) is 0.445. The lowest BCUT2D eigenvalue weighted by atomic mass is 10.5. The summed E-state index contributed by atoms with van der Waals surface area (Å²) in [6, 6.07) is -0.868. The Hall–Kier alpha value is -0.180. The van der Waals surface area contributed by atoms with Gasteiger partial charge in [-0.15, -0.1) is 0 Å². The maximum atomic E-state index is 11.8. The lowest BCUT2D eigenvalue weighted by molar-refractivity contribution is 0.0969. The second kappa shape index (κ2) is 0.968. The zero-order valence-electron chi connectivity index (χ0n) is 3.99. The first-order valence-electron chi connectivity index (χ1n) is 2.20. The second-order valence-electron chi connectivity index (χ2n) is 1.99. The molecule has 2 atom stereocenters. The molecule has 1 nitrogen and oxygen atoms in total. The lowest BCUT2D eigenvalue weighted by Gasteiger charge is -1.83. The molecule has 0 aliphatic heterocycles. The Morgan fingerprint density at radius 3 is 1.71 bits per heavy atom. The molecule has 1 aliphatic carbocycles. The fraction of sp³-hybridized carbons (Fsp3) is 1.00. The normalized spacial score (nSPS) is 46.3. The topological polar surface area (TPSA) is 26.0 Å². The lowest BCUT2D eigenvalue weighted by Crippen LogP contribution is -2.08. The van der Waals surface area contributed by atoms with Crippen LogP contribution >= 0.6 is 0 Å². The number of halogens is 2. The van der Waals surface area contributed by atoms with Crippen LogP contribution in [0.3, 0.4) is 0 Å². The average molecular weight is 107 g/mol. The quantitative estimate of drug-likeness (QED) is 0.482. The molecule has 0 bridgehead atoms.